The SMILES string of the molecule is CC1CCC(NCc2ncon2)CC1C. The normalized spacial score (nSPS) is 31.7. The van der Waals surface area contributed by atoms with Crippen LogP contribution in [0.5, 0.6) is 0 Å². The molecule has 1 aliphatic rings. The standard InChI is InChI=1S/C11H19N3O/c1-8-3-4-10(5-9(8)2)12-6-11-13-7-15-14-11/h7-10,12H,3-6H2,1-2H3. The van der Waals surface area contributed by atoms with E-state index in [1.807, 2.05) is 0 Å². The summed E-state index contributed by atoms with van der Waals surface area (Å²) in [7, 11) is 0. The van der Waals surface area contributed by atoms with Crippen LogP contribution >= 0.6 is 0 Å². The molecule has 15 heavy (non-hydrogen) atoms. The van der Waals surface area contributed by atoms with Crippen molar-refractivity contribution in [2.45, 2.75) is 45.7 Å². The summed E-state index contributed by atoms with van der Waals surface area (Å²) in [5.74, 6) is 2.44. The van der Waals surface area contributed by atoms with Gasteiger partial charge in [0.25, 0.3) is 0 Å². The van der Waals surface area contributed by atoms with Crippen molar-refractivity contribution >= 4 is 0 Å². The largest absolute Gasteiger partial charge is 0.343 e. The molecule has 84 valence electrons. The zero-order chi connectivity index (χ0) is 10.7. The van der Waals surface area contributed by atoms with Crippen LogP contribution in [0.3, 0.4) is 0 Å². The van der Waals surface area contributed by atoms with Gasteiger partial charge in [-0.05, 0) is 31.1 Å². The van der Waals surface area contributed by atoms with Crippen molar-refractivity contribution in [2.75, 3.05) is 0 Å². The molecule has 0 spiro atoms. The molecular weight excluding hydrogens is 190 g/mol. The molecule has 0 bridgehead atoms. The molecule has 1 aromatic rings. The number of nitrogens with zero attached hydrogens (tertiary/aromatic N) is 2. The second kappa shape index (κ2) is 4.75. The molecular formula is C11H19N3O. The third kappa shape index (κ3) is 2.78. The van der Waals surface area contributed by atoms with Crippen molar-refractivity contribution in [3.05, 3.63) is 12.2 Å². The van der Waals surface area contributed by atoms with E-state index in [4.69, 9.17) is 4.52 Å². The molecule has 0 aliphatic heterocycles. The Morgan fingerprint density at radius 3 is 2.93 bits per heavy atom. The Balaban J connectivity index is 1.76. The van der Waals surface area contributed by atoms with E-state index < -0.39 is 0 Å². The Hall–Kier alpha value is -0.900. The summed E-state index contributed by atoms with van der Waals surface area (Å²) in [6.07, 6.45) is 5.23. The van der Waals surface area contributed by atoms with Crippen LogP contribution in [0.25, 0.3) is 0 Å². The van der Waals surface area contributed by atoms with Crippen LogP contribution in [0.4, 0.5) is 0 Å². The molecule has 0 saturated heterocycles. The van der Waals surface area contributed by atoms with Crippen LogP contribution in [0.1, 0.15) is 38.9 Å². The quantitative estimate of drug-likeness (QED) is 0.827. The van der Waals surface area contributed by atoms with Gasteiger partial charge in [0, 0.05) is 6.04 Å². The highest BCUT2D eigenvalue weighted by molar-refractivity contribution is 4.83. The summed E-state index contributed by atoms with van der Waals surface area (Å²) in [5.41, 5.74) is 0. The van der Waals surface area contributed by atoms with Crippen LogP contribution in [0, 0.1) is 11.8 Å². The second-order valence-electron chi connectivity index (χ2n) is 4.69. The fourth-order valence-electron chi connectivity index (χ4n) is 2.24. The summed E-state index contributed by atoms with van der Waals surface area (Å²) < 4.78 is 4.69. The van der Waals surface area contributed by atoms with Crippen molar-refractivity contribution in [2.24, 2.45) is 11.8 Å². The summed E-state index contributed by atoms with van der Waals surface area (Å²) in [4.78, 5) is 3.99. The van der Waals surface area contributed by atoms with E-state index in [-0.39, 0.29) is 0 Å². The molecule has 4 heteroatoms. The van der Waals surface area contributed by atoms with E-state index in [1.54, 1.807) is 0 Å². The van der Waals surface area contributed by atoms with Crippen LogP contribution in [-0.4, -0.2) is 16.2 Å². The lowest BCUT2D eigenvalue weighted by Crippen LogP contribution is -2.36. The van der Waals surface area contributed by atoms with Gasteiger partial charge < -0.3 is 9.84 Å². The Labute approximate surface area is 90.4 Å². The monoisotopic (exact) mass is 209 g/mol. The van der Waals surface area contributed by atoms with Gasteiger partial charge in [-0.25, -0.2) is 0 Å². The molecule has 4 nitrogen and oxygen atoms in total. The number of rotatable bonds is 3. The van der Waals surface area contributed by atoms with Crippen molar-refractivity contribution < 1.29 is 4.52 Å². The minimum absolute atomic E-state index is 0.620. The highest BCUT2D eigenvalue weighted by Crippen LogP contribution is 2.29. The molecule has 1 N–H and O–H groups in total. The average Bonchev–Trinajstić information content (AvgIpc) is 2.73. The highest BCUT2D eigenvalue weighted by atomic mass is 16.5. The van der Waals surface area contributed by atoms with Crippen molar-refractivity contribution in [3.8, 4) is 0 Å². The molecule has 0 aromatic carbocycles. The fraction of sp³-hybridized carbons (Fsp3) is 0.818. The van der Waals surface area contributed by atoms with Crippen LogP contribution in [0.15, 0.2) is 10.9 Å². The third-order valence-electron chi connectivity index (χ3n) is 3.55. The minimum Gasteiger partial charge on any atom is -0.343 e. The van der Waals surface area contributed by atoms with E-state index in [9.17, 15) is 0 Å². The van der Waals surface area contributed by atoms with Crippen molar-refractivity contribution in [3.63, 3.8) is 0 Å². The summed E-state index contributed by atoms with van der Waals surface area (Å²) in [6.45, 7) is 5.41. The van der Waals surface area contributed by atoms with Gasteiger partial charge in [-0.2, -0.15) is 4.98 Å². The fourth-order valence-corrected chi connectivity index (χ4v) is 2.24. The Morgan fingerprint density at radius 1 is 1.40 bits per heavy atom. The van der Waals surface area contributed by atoms with E-state index >= 15 is 0 Å². The number of hydrogen-bond donors (Lipinski definition) is 1. The molecule has 1 heterocycles. The van der Waals surface area contributed by atoms with Gasteiger partial charge in [0.05, 0.1) is 6.54 Å². The smallest absolute Gasteiger partial charge is 0.213 e. The molecule has 1 fully saturated rings. The van der Waals surface area contributed by atoms with Gasteiger partial charge in [0.2, 0.25) is 6.39 Å². The number of nitrogens with one attached hydrogen (secondary N) is 1. The van der Waals surface area contributed by atoms with Gasteiger partial charge in [-0.15, -0.1) is 0 Å². The average molecular weight is 209 g/mol. The van der Waals surface area contributed by atoms with E-state index in [2.05, 4.69) is 29.3 Å². The number of aromatic nitrogens is 2. The maximum absolute atomic E-state index is 4.69. The lowest BCUT2D eigenvalue weighted by atomic mass is 9.79. The zero-order valence-corrected chi connectivity index (χ0v) is 9.44. The van der Waals surface area contributed by atoms with Crippen LogP contribution in [-0.2, 0) is 6.54 Å². The van der Waals surface area contributed by atoms with Gasteiger partial charge in [0.1, 0.15) is 0 Å². The molecule has 1 aromatic heterocycles. The molecule has 1 saturated carbocycles. The molecule has 3 unspecified atom stereocenters. The molecule has 1 aliphatic carbocycles. The van der Waals surface area contributed by atoms with Gasteiger partial charge in [-0.1, -0.05) is 19.0 Å². The van der Waals surface area contributed by atoms with Gasteiger partial charge in [0.15, 0.2) is 5.82 Å². The first-order valence-corrected chi connectivity index (χ1v) is 5.74. The van der Waals surface area contributed by atoms with Gasteiger partial charge in [-0.3, -0.25) is 0 Å². The lowest BCUT2D eigenvalue weighted by molar-refractivity contribution is 0.224. The van der Waals surface area contributed by atoms with E-state index in [0.29, 0.717) is 6.04 Å². The summed E-state index contributed by atoms with van der Waals surface area (Å²) in [5, 5.41) is 7.28. The minimum atomic E-state index is 0.620. The first kappa shape index (κ1) is 10.6. The van der Waals surface area contributed by atoms with E-state index in [0.717, 1.165) is 24.2 Å². The summed E-state index contributed by atoms with van der Waals surface area (Å²) >= 11 is 0. The Kier molecular flexibility index (Phi) is 3.36. The topological polar surface area (TPSA) is 51.0 Å². The van der Waals surface area contributed by atoms with E-state index in [1.165, 1.54) is 25.7 Å². The molecule has 0 amide bonds. The molecule has 3 atom stereocenters. The maximum Gasteiger partial charge on any atom is 0.213 e. The molecule has 0 radical (unpaired) electrons. The molecule has 2 rings (SSSR count). The zero-order valence-electron chi connectivity index (χ0n) is 9.44. The lowest BCUT2D eigenvalue weighted by Gasteiger charge is -2.32. The second-order valence-corrected chi connectivity index (χ2v) is 4.69. The van der Waals surface area contributed by atoms with Crippen molar-refractivity contribution in [1.82, 2.24) is 15.5 Å². The first-order valence-electron chi connectivity index (χ1n) is 5.74. The van der Waals surface area contributed by atoms with Crippen LogP contribution in [0.2, 0.25) is 0 Å². The Bertz CT molecular complexity index is 286. The Morgan fingerprint density at radius 2 is 2.27 bits per heavy atom. The predicted octanol–water partition coefficient (Wildman–Crippen LogP) is 1.98. The number of hydrogen-bond acceptors (Lipinski definition) is 4. The predicted molar refractivity (Wildman–Crippen MR) is 57.1 cm³/mol. The summed E-state index contributed by atoms with van der Waals surface area (Å²) in [6, 6.07) is 0.620. The van der Waals surface area contributed by atoms with Crippen molar-refractivity contribution in [1.29, 1.82) is 0 Å². The van der Waals surface area contributed by atoms with Crippen LogP contribution < -0.4 is 5.32 Å². The first-order chi connectivity index (χ1) is 7.25. The maximum atomic E-state index is 4.69. The van der Waals surface area contributed by atoms with Gasteiger partial charge >= 0.3 is 0 Å². The third-order valence-corrected chi connectivity index (χ3v) is 3.55. The highest BCUT2D eigenvalue weighted by Gasteiger charge is 2.24.